The van der Waals surface area contributed by atoms with Crippen molar-refractivity contribution in [3.63, 3.8) is 0 Å². The van der Waals surface area contributed by atoms with Gasteiger partial charge in [0.05, 0.1) is 0 Å². The van der Waals surface area contributed by atoms with Crippen molar-refractivity contribution in [1.82, 2.24) is 0 Å². The smallest absolute Gasteiger partial charge is 0.148 e. The van der Waals surface area contributed by atoms with E-state index in [9.17, 15) is 0 Å². The summed E-state index contributed by atoms with van der Waals surface area (Å²) >= 11 is 0. The molecule has 0 aromatic heterocycles. The fraction of sp³-hybridized carbons (Fsp3) is 0.824. The molecule has 1 nitrogen and oxygen atoms in total. The SMILES string of the molecule is CC[CH]OC#CCCCCCCCCCCCC. The fourth-order valence-electron chi connectivity index (χ4n) is 1.92. The van der Waals surface area contributed by atoms with E-state index in [1.54, 1.807) is 6.61 Å². The molecule has 1 radical (unpaired) electrons. The predicted molar refractivity (Wildman–Crippen MR) is 79.9 cm³/mol. The Morgan fingerprint density at radius 1 is 0.778 bits per heavy atom. The van der Waals surface area contributed by atoms with Crippen molar-refractivity contribution in [2.24, 2.45) is 0 Å². The molecule has 0 aromatic carbocycles. The molecular weight excluding hydrogens is 220 g/mol. The second-order valence-corrected chi connectivity index (χ2v) is 4.90. The molecule has 0 bridgehead atoms. The van der Waals surface area contributed by atoms with Gasteiger partial charge >= 0.3 is 0 Å². The summed E-state index contributed by atoms with van der Waals surface area (Å²) < 4.78 is 4.99. The second kappa shape index (κ2) is 16.4. The maximum Gasteiger partial charge on any atom is 0.148 e. The number of rotatable bonds is 12. The van der Waals surface area contributed by atoms with Crippen LogP contribution in [-0.4, -0.2) is 0 Å². The first kappa shape index (κ1) is 17.4. The van der Waals surface area contributed by atoms with Crippen molar-refractivity contribution >= 4 is 0 Å². The van der Waals surface area contributed by atoms with Crippen molar-refractivity contribution in [3.05, 3.63) is 6.61 Å². The van der Waals surface area contributed by atoms with Gasteiger partial charge in [-0.25, -0.2) is 0 Å². The molecular formula is C17H31O. The maximum absolute atomic E-state index is 4.99. The van der Waals surface area contributed by atoms with E-state index in [4.69, 9.17) is 4.74 Å². The minimum Gasteiger partial charge on any atom is -0.439 e. The highest BCUT2D eigenvalue weighted by Crippen LogP contribution is 2.10. The quantitative estimate of drug-likeness (QED) is 0.312. The summed E-state index contributed by atoms with van der Waals surface area (Å²) in [7, 11) is 0. The van der Waals surface area contributed by atoms with Crippen LogP contribution >= 0.6 is 0 Å². The summed E-state index contributed by atoms with van der Waals surface area (Å²) in [6, 6.07) is 0. The highest BCUT2D eigenvalue weighted by molar-refractivity contribution is 4.91. The summed E-state index contributed by atoms with van der Waals surface area (Å²) in [5, 5.41) is 0. The third-order valence-electron chi connectivity index (χ3n) is 3.04. The molecule has 0 aliphatic carbocycles. The highest BCUT2D eigenvalue weighted by atomic mass is 16.5. The van der Waals surface area contributed by atoms with Crippen molar-refractivity contribution in [2.45, 2.75) is 90.9 Å². The zero-order chi connectivity index (χ0) is 13.3. The first-order valence-electron chi connectivity index (χ1n) is 7.87. The monoisotopic (exact) mass is 251 g/mol. The Labute approximate surface area is 115 Å². The lowest BCUT2D eigenvalue weighted by Gasteiger charge is -2.00. The van der Waals surface area contributed by atoms with Crippen LogP contribution in [-0.2, 0) is 4.74 Å². The average molecular weight is 251 g/mol. The van der Waals surface area contributed by atoms with Crippen molar-refractivity contribution < 1.29 is 4.74 Å². The largest absolute Gasteiger partial charge is 0.439 e. The predicted octanol–water partition coefficient (Wildman–Crippen LogP) is 5.85. The van der Waals surface area contributed by atoms with Crippen LogP contribution in [0, 0.1) is 18.6 Å². The number of hydrogen-bond acceptors (Lipinski definition) is 1. The molecule has 0 heterocycles. The molecule has 0 aromatic rings. The topological polar surface area (TPSA) is 9.23 Å². The lowest BCUT2D eigenvalue weighted by molar-refractivity contribution is 0.356. The Morgan fingerprint density at radius 2 is 1.33 bits per heavy atom. The molecule has 18 heavy (non-hydrogen) atoms. The van der Waals surface area contributed by atoms with E-state index in [0.717, 1.165) is 12.8 Å². The summed E-state index contributed by atoms with van der Waals surface area (Å²) in [5.41, 5.74) is 0. The Morgan fingerprint density at radius 3 is 1.89 bits per heavy atom. The second-order valence-electron chi connectivity index (χ2n) is 4.90. The third-order valence-corrected chi connectivity index (χ3v) is 3.04. The summed E-state index contributed by atoms with van der Waals surface area (Å²) in [4.78, 5) is 0. The Bertz CT molecular complexity index is 199. The molecule has 0 atom stereocenters. The van der Waals surface area contributed by atoms with Crippen molar-refractivity contribution in [1.29, 1.82) is 0 Å². The van der Waals surface area contributed by atoms with Crippen molar-refractivity contribution in [3.8, 4) is 12.0 Å². The Hall–Kier alpha value is -0.640. The molecule has 0 amide bonds. The molecule has 0 N–H and O–H groups in total. The Balaban J connectivity index is 3.00. The molecule has 0 saturated heterocycles. The number of ether oxygens (including phenoxy) is 1. The van der Waals surface area contributed by atoms with Crippen LogP contribution in [0.15, 0.2) is 0 Å². The van der Waals surface area contributed by atoms with E-state index in [1.165, 1.54) is 64.2 Å². The fourth-order valence-corrected chi connectivity index (χ4v) is 1.92. The van der Waals surface area contributed by atoms with Crippen LogP contribution in [0.5, 0.6) is 0 Å². The summed E-state index contributed by atoms with van der Waals surface area (Å²) in [5.74, 6) is 3.04. The van der Waals surface area contributed by atoms with Gasteiger partial charge in [-0.05, 0) is 12.8 Å². The normalized spacial score (nSPS) is 9.89. The zero-order valence-corrected chi connectivity index (χ0v) is 12.5. The van der Waals surface area contributed by atoms with Gasteiger partial charge in [-0.3, -0.25) is 0 Å². The van der Waals surface area contributed by atoms with Gasteiger partial charge in [0.2, 0.25) is 0 Å². The van der Waals surface area contributed by atoms with Crippen LogP contribution in [0.25, 0.3) is 0 Å². The average Bonchev–Trinajstić information content (AvgIpc) is 2.39. The van der Waals surface area contributed by atoms with E-state index in [0.29, 0.717) is 0 Å². The zero-order valence-electron chi connectivity index (χ0n) is 12.5. The van der Waals surface area contributed by atoms with Crippen LogP contribution in [0.2, 0.25) is 0 Å². The van der Waals surface area contributed by atoms with Gasteiger partial charge in [0.1, 0.15) is 12.7 Å². The summed E-state index contributed by atoms with van der Waals surface area (Å²) in [6.45, 7) is 6.06. The van der Waals surface area contributed by atoms with Gasteiger partial charge < -0.3 is 4.74 Å². The number of hydrogen-bond donors (Lipinski definition) is 0. The van der Waals surface area contributed by atoms with E-state index < -0.39 is 0 Å². The molecule has 0 saturated carbocycles. The van der Waals surface area contributed by atoms with Gasteiger partial charge in [0.25, 0.3) is 0 Å². The lowest BCUT2D eigenvalue weighted by Crippen LogP contribution is -1.81. The minimum atomic E-state index is 0.924. The summed E-state index contributed by atoms with van der Waals surface area (Å²) in [6.07, 6.45) is 18.4. The third kappa shape index (κ3) is 15.4. The highest BCUT2D eigenvalue weighted by Gasteiger charge is 1.91. The molecule has 0 unspecified atom stereocenters. The van der Waals surface area contributed by atoms with E-state index in [2.05, 4.69) is 19.0 Å². The van der Waals surface area contributed by atoms with E-state index in [1.807, 2.05) is 6.92 Å². The molecule has 0 aliphatic rings. The van der Waals surface area contributed by atoms with Gasteiger partial charge in [-0.15, -0.1) is 0 Å². The van der Waals surface area contributed by atoms with Crippen LogP contribution in [0.3, 0.4) is 0 Å². The van der Waals surface area contributed by atoms with Gasteiger partial charge in [0, 0.05) is 6.42 Å². The van der Waals surface area contributed by atoms with E-state index >= 15 is 0 Å². The first-order valence-corrected chi connectivity index (χ1v) is 7.87. The Kier molecular flexibility index (Phi) is 15.8. The number of unbranched alkanes of at least 4 members (excludes halogenated alkanes) is 10. The standard InChI is InChI=1S/C17H31O/c1-3-5-6-7-8-9-10-11-12-13-14-15-17-18-16-4-2/h16H,3-14H2,1-2H3. The molecule has 105 valence electrons. The molecule has 1 heteroatoms. The minimum absolute atomic E-state index is 0.924. The van der Waals surface area contributed by atoms with E-state index in [-0.39, 0.29) is 0 Å². The van der Waals surface area contributed by atoms with Crippen molar-refractivity contribution in [2.75, 3.05) is 0 Å². The van der Waals surface area contributed by atoms with Crippen LogP contribution < -0.4 is 0 Å². The molecule has 0 aliphatic heterocycles. The van der Waals surface area contributed by atoms with Crippen LogP contribution in [0.1, 0.15) is 90.9 Å². The first-order chi connectivity index (χ1) is 8.91. The molecule has 0 rings (SSSR count). The lowest BCUT2D eigenvalue weighted by atomic mass is 10.1. The van der Waals surface area contributed by atoms with Gasteiger partial charge in [0.15, 0.2) is 0 Å². The molecule has 0 spiro atoms. The van der Waals surface area contributed by atoms with Gasteiger partial charge in [-0.1, -0.05) is 77.6 Å². The maximum atomic E-state index is 4.99. The molecule has 0 fully saturated rings. The van der Waals surface area contributed by atoms with Crippen LogP contribution in [0.4, 0.5) is 0 Å². The van der Waals surface area contributed by atoms with Gasteiger partial charge in [-0.2, -0.15) is 0 Å².